The van der Waals surface area contributed by atoms with Gasteiger partial charge in [0, 0.05) is 17.0 Å². The fraction of sp³-hybridized carbons (Fsp3) is 0.227. The molecule has 3 aromatic rings. The number of fused-ring (bicyclic) bond motifs is 1. The van der Waals surface area contributed by atoms with Crippen molar-refractivity contribution in [1.29, 1.82) is 0 Å². The molecule has 2 N–H and O–H groups in total. The molecule has 4 rings (SSSR count). The highest BCUT2D eigenvalue weighted by Gasteiger charge is 2.32. The Morgan fingerprint density at radius 3 is 2.62 bits per heavy atom. The number of halogens is 1. The molecule has 1 atom stereocenters. The van der Waals surface area contributed by atoms with Crippen LogP contribution in [0.3, 0.4) is 0 Å². The van der Waals surface area contributed by atoms with Gasteiger partial charge in [0.1, 0.15) is 5.82 Å². The summed E-state index contributed by atoms with van der Waals surface area (Å²) in [6.45, 7) is 0.576. The molecule has 0 saturated carbocycles. The Labute approximate surface area is 172 Å². The Balaban J connectivity index is 1.36. The molecule has 1 aliphatic rings. The first kappa shape index (κ1) is 19.3. The third-order valence-electron chi connectivity index (χ3n) is 4.92. The summed E-state index contributed by atoms with van der Waals surface area (Å²) in [5.41, 5.74) is 2.29. The van der Waals surface area contributed by atoms with Crippen molar-refractivity contribution in [2.24, 2.45) is 0 Å². The van der Waals surface area contributed by atoms with E-state index in [2.05, 4.69) is 15.6 Å². The highest BCUT2D eigenvalue weighted by molar-refractivity contribution is 7.16. The Morgan fingerprint density at radius 1 is 1.10 bits per heavy atom. The molecule has 0 spiro atoms. The molecule has 0 unspecified atom stereocenters. The number of hydrogen-bond acceptors (Lipinski definition) is 4. The summed E-state index contributed by atoms with van der Waals surface area (Å²) in [5, 5.41) is 6.21. The Kier molecular flexibility index (Phi) is 5.67. The Hall–Kier alpha value is -3.06. The van der Waals surface area contributed by atoms with Gasteiger partial charge in [-0.3, -0.25) is 14.9 Å². The SMILES string of the molecule is O=C(Nc1nc2c(s1)CC[C@@H]2C(=O)NCCc1ccccc1)c1ccc(F)cc1. The van der Waals surface area contributed by atoms with Crippen molar-refractivity contribution < 1.29 is 14.0 Å². The minimum atomic E-state index is -0.393. The topological polar surface area (TPSA) is 71.1 Å². The van der Waals surface area contributed by atoms with Crippen LogP contribution in [0, 0.1) is 5.82 Å². The van der Waals surface area contributed by atoms with Crippen LogP contribution in [-0.2, 0) is 17.6 Å². The first-order valence-corrected chi connectivity index (χ1v) is 10.3. The van der Waals surface area contributed by atoms with E-state index in [9.17, 15) is 14.0 Å². The van der Waals surface area contributed by atoms with Crippen LogP contribution < -0.4 is 10.6 Å². The zero-order chi connectivity index (χ0) is 20.2. The van der Waals surface area contributed by atoms with E-state index in [1.807, 2.05) is 30.3 Å². The minimum Gasteiger partial charge on any atom is -0.355 e. The number of amides is 2. The van der Waals surface area contributed by atoms with Crippen molar-refractivity contribution in [3.63, 3.8) is 0 Å². The van der Waals surface area contributed by atoms with Gasteiger partial charge in [-0.05, 0) is 49.1 Å². The van der Waals surface area contributed by atoms with Gasteiger partial charge in [-0.15, -0.1) is 11.3 Å². The Bertz CT molecular complexity index is 1020. The fourth-order valence-electron chi connectivity index (χ4n) is 3.40. The summed E-state index contributed by atoms with van der Waals surface area (Å²) in [7, 11) is 0. The molecule has 148 valence electrons. The molecular formula is C22H20FN3O2S. The number of anilines is 1. The van der Waals surface area contributed by atoms with Gasteiger partial charge < -0.3 is 5.32 Å². The monoisotopic (exact) mass is 409 g/mol. The zero-order valence-corrected chi connectivity index (χ0v) is 16.5. The van der Waals surface area contributed by atoms with Crippen LogP contribution in [0.25, 0.3) is 0 Å². The normalized spacial score (nSPS) is 15.0. The third-order valence-corrected chi connectivity index (χ3v) is 5.96. The van der Waals surface area contributed by atoms with Crippen molar-refractivity contribution in [3.8, 4) is 0 Å². The maximum Gasteiger partial charge on any atom is 0.257 e. The zero-order valence-electron chi connectivity index (χ0n) is 15.7. The van der Waals surface area contributed by atoms with Crippen LogP contribution in [0.15, 0.2) is 54.6 Å². The lowest BCUT2D eigenvalue weighted by atomic mass is 10.1. The molecule has 1 aliphatic carbocycles. The van der Waals surface area contributed by atoms with Crippen LogP contribution in [0.5, 0.6) is 0 Å². The molecule has 2 amide bonds. The van der Waals surface area contributed by atoms with Crippen LogP contribution in [-0.4, -0.2) is 23.3 Å². The number of aromatic nitrogens is 1. The van der Waals surface area contributed by atoms with Crippen LogP contribution >= 0.6 is 11.3 Å². The second kappa shape index (κ2) is 8.53. The standard InChI is InChI=1S/C22H20FN3O2S/c23-16-8-6-15(7-9-16)20(27)26-22-25-19-17(10-11-18(19)29-22)21(28)24-13-12-14-4-2-1-3-5-14/h1-9,17H,10-13H2,(H,24,28)(H,25,26,27)/t17-/m0/s1. The molecule has 0 aliphatic heterocycles. The van der Waals surface area contributed by atoms with E-state index in [4.69, 9.17) is 0 Å². The third kappa shape index (κ3) is 4.51. The van der Waals surface area contributed by atoms with E-state index < -0.39 is 5.82 Å². The molecule has 2 aromatic carbocycles. The van der Waals surface area contributed by atoms with Gasteiger partial charge in [0.25, 0.3) is 5.91 Å². The van der Waals surface area contributed by atoms with E-state index in [0.717, 1.165) is 29.8 Å². The maximum atomic E-state index is 13.0. The van der Waals surface area contributed by atoms with E-state index in [1.54, 1.807) is 0 Å². The molecule has 0 radical (unpaired) electrons. The van der Waals surface area contributed by atoms with Gasteiger partial charge >= 0.3 is 0 Å². The van der Waals surface area contributed by atoms with Crippen molar-refractivity contribution in [2.75, 3.05) is 11.9 Å². The number of thiazole rings is 1. The Morgan fingerprint density at radius 2 is 1.86 bits per heavy atom. The van der Waals surface area contributed by atoms with Crippen molar-refractivity contribution in [3.05, 3.63) is 82.1 Å². The first-order valence-electron chi connectivity index (χ1n) is 9.48. The predicted octanol–water partition coefficient (Wildman–Crippen LogP) is 3.92. The second-order valence-electron chi connectivity index (χ2n) is 6.91. The molecule has 1 heterocycles. The lowest BCUT2D eigenvalue weighted by molar-refractivity contribution is -0.122. The summed E-state index contributed by atoms with van der Waals surface area (Å²) in [6, 6.07) is 15.3. The van der Waals surface area contributed by atoms with E-state index in [1.165, 1.54) is 41.2 Å². The average molecular weight is 409 g/mol. The number of carbonyl (C=O) groups is 2. The van der Waals surface area contributed by atoms with Crippen molar-refractivity contribution >= 4 is 28.3 Å². The fourth-order valence-corrected chi connectivity index (χ4v) is 4.44. The maximum absolute atomic E-state index is 13.0. The van der Waals surface area contributed by atoms with Gasteiger partial charge in [0.2, 0.25) is 5.91 Å². The van der Waals surface area contributed by atoms with Crippen LogP contribution in [0.1, 0.15) is 38.8 Å². The second-order valence-corrected chi connectivity index (χ2v) is 7.99. The molecule has 7 heteroatoms. The van der Waals surface area contributed by atoms with Gasteiger partial charge in [0.05, 0.1) is 11.6 Å². The highest BCUT2D eigenvalue weighted by atomic mass is 32.1. The molecule has 5 nitrogen and oxygen atoms in total. The molecule has 29 heavy (non-hydrogen) atoms. The van der Waals surface area contributed by atoms with Gasteiger partial charge in [-0.2, -0.15) is 0 Å². The average Bonchev–Trinajstić information content (AvgIpc) is 3.29. The van der Waals surface area contributed by atoms with Crippen LogP contribution in [0.4, 0.5) is 9.52 Å². The molecule has 0 saturated heterocycles. The summed E-state index contributed by atoms with van der Waals surface area (Å²) >= 11 is 1.39. The van der Waals surface area contributed by atoms with Gasteiger partial charge in [0.15, 0.2) is 5.13 Å². The number of benzene rings is 2. The minimum absolute atomic E-state index is 0.0265. The summed E-state index contributed by atoms with van der Waals surface area (Å²) < 4.78 is 13.0. The largest absolute Gasteiger partial charge is 0.355 e. The quantitative estimate of drug-likeness (QED) is 0.648. The number of rotatable bonds is 6. The number of carbonyl (C=O) groups excluding carboxylic acids is 2. The summed E-state index contributed by atoms with van der Waals surface area (Å²) in [4.78, 5) is 30.4. The molecule has 0 bridgehead atoms. The van der Waals surface area contributed by atoms with Crippen molar-refractivity contribution in [2.45, 2.75) is 25.2 Å². The van der Waals surface area contributed by atoms with E-state index in [-0.39, 0.29) is 17.7 Å². The molecule has 1 aromatic heterocycles. The molecule has 0 fully saturated rings. The first-order chi connectivity index (χ1) is 14.1. The van der Waals surface area contributed by atoms with Gasteiger partial charge in [-0.25, -0.2) is 9.37 Å². The van der Waals surface area contributed by atoms with Crippen LogP contribution in [0.2, 0.25) is 0 Å². The molecular weight excluding hydrogens is 389 g/mol. The highest BCUT2D eigenvalue weighted by Crippen LogP contribution is 2.38. The number of nitrogens with one attached hydrogen (secondary N) is 2. The number of aryl methyl sites for hydroxylation is 1. The van der Waals surface area contributed by atoms with Gasteiger partial charge in [-0.1, -0.05) is 30.3 Å². The number of nitrogens with zero attached hydrogens (tertiary/aromatic N) is 1. The van der Waals surface area contributed by atoms with Crippen molar-refractivity contribution in [1.82, 2.24) is 10.3 Å². The lowest BCUT2D eigenvalue weighted by Crippen LogP contribution is -2.30. The predicted molar refractivity (Wildman–Crippen MR) is 111 cm³/mol. The number of hydrogen-bond donors (Lipinski definition) is 2. The van der Waals surface area contributed by atoms with E-state index >= 15 is 0 Å². The summed E-state index contributed by atoms with van der Waals surface area (Å²) in [5.74, 6) is -1.05. The lowest BCUT2D eigenvalue weighted by Gasteiger charge is -2.11. The van der Waals surface area contributed by atoms with E-state index in [0.29, 0.717) is 17.2 Å². The summed E-state index contributed by atoms with van der Waals surface area (Å²) in [6.07, 6.45) is 2.29. The smallest absolute Gasteiger partial charge is 0.257 e.